The van der Waals surface area contributed by atoms with Gasteiger partial charge in [0, 0.05) is 26.4 Å². The summed E-state index contributed by atoms with van der Waals surface area (Å²) >= 11 is 0. The maximum absolute atomic E-state index is 13.5. The van der Waals surface area contributed by atoms with Crippen molar-refractivity contribution in [3.63, 3.8) is 0 Å². The Morgan fingerprint density at radius 3 is 2.39 bits per heavy atom. The number of amides is 1. The van der Waals surface area contributed by atoms with Crippen LogP contribution in [0.5, 0.6) is 5.75 Å². The molecular formula is C27H28N2O4. The second kappa shape index (κ2) is 8.52. The summed E-state index contributed by atoms with van der Waals surface area (Å²) < 4.78 is 14.2. The topological polar surface area (TPSA) is 60.8 Å². The highest BCUT2D eigenvalue weighted by molar-refractivity contribution is 5.96. The van der Waals surface area contributed by atoms with Crippen LogP contribution in [0.2, 0.25) is 0 Å². The quantitative estimate of drug-likeness (QED) is 0.593. The molecule has 1 saturated carbocycles. The third kappa shape index (κ3) is 3.45. The lowest BCUT2D eigenvalue weighted by molar-refractivity contribution is -0.111. The standard InChI is InChI=1S/C27H28N2O4/c1-28-21-14-9-16-27(32-2,20-12-7-4-8-13-20)25(21)29-17-15-22(30)24(23(29)26(28)31)33-18-19-10-5-3-6-11-19/h3-8,10-13,15,17,21,25H,9,14,16,18H2,1-2H3. The molecule has 6 heteroatoms. The lowest BCUT2D eigenvalue weighted by Gasteiger charge is -2.53. The zero-order chi connectivity index (χ0) is 23.0. The van der Waals surface area contributed by atoms with Gasteiger partial charge in [-0.05, 0) is 30.4 Å². The van der Waals surface area contributed by atoms with Crippen LogP contribution in [-0.4, -0.2) is 35.6 Å². The Labute approximate surface area is 193 Å². The largest absolute Gasteiger partial charge is 0.483 e. The van der Waals surface area contributed by atoms with Gasteiger partial charge in [0.25, 0.3) is 5.91 Å². The number of hydrogen-bond acceptors (Lipinski definition) is 4. The van der Waals surface area contributed by atoms with Crippen molar-refractivity contribution in [2.24, 2.45) is 0 Å². The van der Waals surface area contributed by atoms with Crippen LogP contribution in [0.1, 0.15) is 46.9 Å². The Bertz CT molecular complexity index is 1210. The number of methoxy groups -OCH3 is 1. The van der Waals surface area contributed by atoms with E-state index < -0.39 is 5.60 Å². The van der Waals surface area contributed by atoms with E-state index >= 15 is 0 Å². The van der Waals surface area contributed by atoms with E-state index in [1.807, 2.05) is 60.1 Å². The van der Waals surface area contributed by atoms with E-state index in [1.165, 1.54) is 6.07 Å². The molecule has 1 aliphatic carbocycles. The lowest BCUT2D eigenvalue weighted by atomic mass is 9.71. The number of pyridine rings is 1. The third-order valence-corrected chi connectivity index (χ3v) is 7.15. The van der Waals surface area contributed by atoms with E-state index in [0.717, 1.165) is 30.4 Å². The Hall–Kier alpha value is -3.38. The summed E-state index contributed by atoms with van der Waals surface area (Å²) in [5.41, 5.74) is 1.38. The minimum atomic E-state index is -0.625. The van der Waals surface area contributed by atoms with Crippen molar-refractivity contribution in [3.05, 3.63) is 100.0 Å². The van der Waals surface area contributed by atoms with Crippen LogP contribution in [0.15, 0.2) is 77.7 Å². The molecule has 6 nitrogen and oxygen atoms in total. The molecule has 1 amide bonds. The molecule has 3 unspecified atom stereocenters. The van der Waals surface area contributed by atoms with E-state index in [1.54, 1.807) is 18.2 Å². The van der Waals surface area contributed by atoms with Crippen LogP contribution in [0, 0.1) is 0 Å². The van der Waals surface area contributed by atoms with Gasteiger partial charge in [0.2, 0.25) is 5.43 Å². The van der Waals surface area contributed by atoms with Crippen molar-refractivity contribution in [2.45, 2.75) is 43.6 Å². The fraction of sp³-hybridized carbons (Fsp3) is 0.333. The van der Waals surface area contributed by atoms with E-state index in [-0.39, 0.29) is 35.8 Å². The van der Waals surface area contributed by atoms with Crippen molar-refractivity contribution in [1.29, 1.82) is 0 Å². The van der Waals surface area contributed by atoms with Gasteiger partial charge in [0.1, 0.15) is 12.2 Å². The first-order valence-corrected chi connectivity index (χ1v) is 11.4. The first-order chi connectivity index (χ1) is 16.1. The van der Waals surface area contributed by atoms with Gasteiger partial charge in [-0.25, -0.2) is 0 Å². The number of benzene rings is 2. The van der Waals surface area contributed by atoms with E-state index in [0.29, 0.717) is 5.69 Å². The fourth-order valence-corrected chi connectivity index (χ4v) is 5.54. The number of nitrogens with zero attached hydrogens (tertiary/aromatic N) is 2. The second-order valence-corrected chi connectivity index (χ2v) is 8.82. The molecule has 2 aliphatic rings. The van der Waals surface area contributed by atoms with E-state index in [2.05, 4.69) is 12.1 Å². The number of hydrogen-bond donors (Lipinski definition) is 0. The Balaban J connectivity index is 1.66. The van der Waals surface area contributed by atoms with Gasteiger partial charge >= 0.3 is 0 Å². The molecule has 1 fully saturated rings. The molecule has 1 aliphatic heterocycles. The van der Waals surface area contributed by atoms with Crippen LogP contribution in [-0.2, 0) is 16.9 Å². The molecule has 0 radical (unpaired) electrons. The molecule has 5 rings (SSSR count). The van der Waals surface area contributed by atoms with Crippen molar-refractivity contribution < 1.29 is 14.3 Å². The fourth-order valence-electron chi connectivity index (χ4n) is 5.54. The number of fused-ring (bicyclic) bond motifs is 3. The molecule has 170 valence electrons. The van der Waals surface area contributed by atoms with E-state index in [4.69, 9.17) is 9.47 Å². The highest BCUT2D eigenvalue weighted by Gasteiger charge is 2.54. The summed E-state index contributed by atoms with van der Waals surface area (Å²) in [6, 6.07) is 21.1. The van der Waals surface area contributed by atoms with Gasteiger partial charge in [-0.2, -0.15) is 0 Å². The zero-order valence-electron chi connectivity index (χ0n) is 18.9. The first kappa shape index (κ1) is 21.5. The molecule has 33 heavy (non-hydrogen) atoms. The van der Waals surface area contributed by atoms with E-state index in [9.17, 15) is 9.59 Å². The van der Waals surface area contributed by atoms with Gasteiger partial charge < -0.3 is 18.9 Å². The van der Waals surface area contributed by atoms with Gasteiger partial charge in [0.15, 0.2) is 11.4 Å². The highest BCUT2D eigenvalue weighted by atomic mass is 16.5. The summed E-state index contributed by atoms with van der Waals surface area (Å²) in [5.74, 6) is -0.0998. The average Bonchev–Trinajstić information content (AvgIpc) is 2.87. The van der Waals surface area contributed by atoms with Gasteiger partial charge in [0.05, 0.1) is 12.1 Å². The smallest absolute Gasteiger partial charge is 0.274 e. The number of rotatable bonds is 5. The highest BCUT2D eigenvalue weighted by Crippen LogP contribution is 2.51. The Kier molecular flexibility index (Phi) is 5.54. The SMILES string of the molecule is COC1(c2ccccc2)CCCC2C1n1ccc(=O)c(OCc3ccccc3)c1C(=O)N2C. The lowest BCUT2D eigenvalue weighted by Crippen LogP contribution is -2.59. The summed E-state index contributed by atoms with van der Waals surface area (Å²) in [7, 11) is 3.56. The second-order valence-electron chi connectivity index (χ2n) is 8.82. The zero-order valence-corrected chi connectivity index (χ0v) is 18.9. The molecule has 2 aromatic carbocycles. The molecular weight excluding hydrogens is 416 g/mol. The van der Waals surface area contributed by atoms with Crippen LogP contribution in [0.25, 0.3) is 0 Å². The summed E-state index contributed by atoms with van der Waals surface area (Å²) in [4.78, 5) is 28.2. The maximum atomic E-state index is 13.5. The van der Waals surface area contributed by atoms with Crippen LogP contribution in [0.4, 0.5) is 0 Å². The number of aromatic nitrogens is 1. The monoisotopic (exact) mass is 444 g/mol. The molecule has 0 bridgehead atoms. The van der Waals surface area contributed by atoms with Gasteiger partial charge in [-0.15, -0.1) is 0 Å². The van der Waals surface area contributed by atoms with Crippen molar-refractivity contribution in [3.8, 4) is 5.75 Å². The molecule has 0 N–H and O–H groups in total. The minimum absolute atomic E-state index is 0.0524. The van der Waals surface area contributed by atoms with Crippen molar-refractivity contribution in [2.75, 3.05) is 14.2 Å². The number of carbonyl (C=O) groups excluding carboxylic acids is 1. The van der Waals surface area contributed by atoms with Crippen molar-refractivity contribution >= 4 is 5.91 Å². The average molecular weight is 445 g/mol. The Morgan fingerprint density at radius 2 is 1.70 bits per heavy atom. The molecule has 3 atom stereocenters. The number of likely N-dealkylation sites (N-methyl/N-ethyl adjacent to an activating group) is 1. The predicted molar refractivity (Wildman–Crippen MR) is 125 cm³/mol. The van der Waals surface area contributed by atoms with Crippen LogP contribution >= 0.6 is 0 Å². The molecule has 3 aromatic rings. The van der Waals surface area contributed by atoms with Crippen molar-refractivity contribution in [1.82, 2.24) is 9.47 Å². The minimum Gasteiger partial charge on any atom is -0.483 e. The summed E-state index contributed by atoms with van der Waals surface area (Å²) in [5, 5.41) is 0. The summed E-state index contributed by atoms with van der Waals surface area (Å²) in [6.45, 7) is 0.215. The normalized spacial score (nSPS) is 24.2. The molecule has 0 saturated heterocycles. The third-order valence-electron chi connectivity index (χ3n) is 7.15. The summed E-state index contributed by atoms with van der Waals surface area (Å²) in [6.07, 6.45) is 4.37. The number of carbonyl (C=O) groups is 1. The maximum Gasteiger partial charge on any atom is 0.274 e. The molecule has 0 spiro atoms. The molecule has 2 heterocycles. The van der Waals surface area contributed by atoms with Crippen LogP contribution in [0.3, 0.4) is 0 Å². The van der Waals surface area contributed by atoms with Gasteiger partial charge in [-0.1, -0.05) is 60.7 Å². The Morgan fingerprint density at radius 1 is 1.00 bits per heavy atom. The predicted octanol–water partition coefficient (Wildman–Crippen LogP) is 4.15. The van der Waals surface area contributed by atoms with Gasteiger partial charge in [-0.3, -0.25) is 9.59 Å². The molecule has 1 aromatic heterocycles. The number of ether oxygens (including phenoxy) is 2. The first-order valence-electron chi connectivity index (χ1n) is 11.4. The van der Waals surface area contributed by atoms with Crippen LogP contribution < -0.4 is 10.2 Å².